The van der Waals surface area contributed by atoms with E-state index in [-0.39, 0.29) is 0 Å². The van der Waals surface area contributed by atoms with Gasteiger partial charge in [0, 0.05) is 12.6 Å². The highest BCUT2D eigenvalue weighted by Gasteiger charge is 2.06. The van der Waals surface area contributed by atoms with Crippen LogP contribution in [-0.2, 0) is 6.54 Å². The summed E-state index contributed by atoms with van der Waals surface area (Å²) in [5.74, 6) is 1.65. The first-order chi connectivity index (χ1) is 8.67. The van der Waals surface area contributed by atoms with Crippen molar-refractivity contribution >= 4 is 0 Å². The Hall–Kier alpha value is -1.22. The Labute approximate surface area is 110 Å². The Bertz CT molecular complexity index is 350. The average molecular weight is 251 g/mol. The van der Waals surface area contributed by atoms with Crippen LogP contribution in [0.25, 0.3) is 0 Å². The minimum atomic E-state index is 0.483. The van der Waals surface area contributed by atoms with Crippen LogP contribution in [0.2, 0.25) is 0 Å². The van der Waals surface area contributed by atoms with Crippen LogP contribution in [-0.4, -0.2) is 19.8 Å². The van der Waals surface area contributed by atoms with Gasteiger partial charge in [-0.1, -0.05) is 33.3 Å². The molecule has 0 atom stereocenters. The molecule has 0 saturated heterocycles. The van der Waals surface area contributed by atoms with E-state index in [9.17, 15) is 0 Å². The molecule has 0 radical (unpaired) electrons. The monoisotopic (exact) mass is 251 g/mol. The smallest absolute Gasteiger partial charge is 0.161 e. The third-order valence-electron chi connectivity index (χ3n) is 2.70. The van der Waals surface area contributed by atoms with Crippen LogP contribution >= 0.6 is 0 Å². The first kappa shape index (κ1) is 14.8. The summed E-state index contributed by atoms with van der Waals surface area (Å²) in [4.78, 5) is 0. The molecule has 0 aromatic heterocycles. The van der Waals surface area contributed by atoms with Crippen LogP contribution in [0, 0.1) is 0 Å². The van der Waals surface area contributed by atoms with Gasteiger partial charge < -0.3 is 14.8 Å². The van der Waals surface area contributed by atoms with Gasteiger partial charge in [-0.25, -0.2) is 0 Å². The van der Waals surface area contributed by atoms with Gasteiger partial charge in [0.15, 0.2) is 11.5 Å². The predicted octanol–water partition coefficient (Wildman–Crippen LogP) is 3.37. The maximum absolute atomic E-state index is 5.76. The number of hydrogen-bond donors (Lipinski definition) is 1. The Kier molecular flexibility index (Phi) is 6.58. The Balaban J connectivity index is 2.68. The van der Waals surface area contributed by atoms with Crippen molar-refractivity contribution < 1.29 is 9.47 Å². The Morgan fingerprint density at radius 3 is 2.61 bits per heavy atom. The zero-order valence-electron chi connectivity index (χ0n) is 12.0. The number of nitrogens with one attached hydrogen (secondary N) is 1. The summed E-state index contributed by atoms with van der Waals surface area (Å²) in [6.45, 7) is 8.04. The van der Waals surface area contributed by atoms with E-state index in [0.29, 0.717) is 6.04 Å². The zero-order valence-corrected chi connectivity index (χ0v) is 12.0. The number of benzene rings is 1. The molecule has 0 heterocycles. The van der Waals surface area contributed by atoms with Crippen LogP contribution in [0.1, 0.15) is 39.2 Å². The molecule has 0 spiro atoms. The van der Waals surface area contributed by atoms with E-state index >= 15 is 0 Å². The predicted molar refractivity (Wildman–Crippen MR) is 75.4 cm³/mol. The summed E-state index contributed by atoms with van der Waals surface area (Å²) in [5.41, 5.74) is 1.22. The van der Waals surface area contributed by atoms with Crippen molar-refractivity contribution in [3.8, 4) is 11.5 Å². The molecule has 0 amide bonds. The third kappa shape index (κ3) is 4.96. The maximum Gasteiger partial charge on any atom is 0.161 e. The van der Waals surface area contributed by atoms with E-state index in [2.05, 4.69) is 38.2 Å². The highest BCUT2D eigenvalue weighted by molar-refractivity contribution is 5.42. The Morgan fingerprint density at radius 2 is 2.00 bits per heavy atom. The van der Waals surface area contributed by atoms with Crippen LogP contribution in [0.3, 0.4) is 0 Å². The average Bonchev–Trinajstić information content (AvgIpc) is 2.37. The molecule has 0 fully saturated rings. The summed E-state index contributed by atoms with van der Waals surface area (Å²) >= 11 is 0. The highest BCUT2D eigenvalue weighted by Crippen LogP contribution is 2.28. The van der Waals surface area contributed by atoms with E-state index in [0.717, 1.165) is 37.5 Å². The molecular weight excluding hydrogens is 226 g/mol. The summed E-state index contributed by atoms with van der Waals surface area (Å²) in [6, 6.07) is 6.58. The maximum atomic E-state index is 5.76. The van der Waals surface area contributed by atoms with E-state index in [1.807, 2.05) is 6.07 Å². The molecule has 3 nitrogen and oxygen atoms in total. The summed E-state index contributed by atoms with van der Waals surface area (Å²) in [6.07, 6.45) is 2.20. The lowest BCUT2D eigenvalue weighted by molar-refractivity contribution is 0.288. The molecule has 1 aromatic rings. The number of unbranched alkanes of at least 4 members (excludes halogenated alkanes) is 1. The largest absolute Gasteiger partial charge is 0.493 e. The van der Waals surface area contributed by atoms with Crippen molar-refractivity contribution in [2.24, 2.45) is 0 Å². The highest BCUT2D eigenvalue weighted by atomic mass is 16.5. The fraction of sp³-hybridized carbons (Fsp3) is 0.600. The number of hydrogen-bond acceptors (Lipinski definition) is 3. The zero-order chi connectivity index (χ0) is 13.4. The van der Waals surface area contributed by atoms with Gasteiger partial charge in [0.1, 0.15) is 0 Å². The molecule has 3 heteroatoms. The van der Waals surface area contributed by atoms with E-state index in [1.165, 1.54) is 5.56 Å². The third-order valence-corrected chi connectivity index (χ3v) is 2.70. The summed E-state index contributed by atoms with van der Waals surface area (Å²) < 4.78 is 11.1. The second-order valence-corrected chi connectivity index (χ2v) is 4.72. The van der Waals surface area contributed by atoms with Crippen molar-refractivity contribution in [3.05, 3.63) is 23.8 Å². The number of rotatable bonds is 8. The molecule has 0 bridgehead atoms. The molecule has 102 valence electrons. The number of methoxy groups -OCH3 is 1. The summed E-state index contributed by atoms with van der Waals surface area (Å²) in [7, 11) is 1.67. The standard InChI is InChI=1S/C15H25NO2/c1-5-6-9-18-15-10-13(11-16-12(2)3)7-8-14(15)17-4/h7-8,10,12,16H,5-6,9,11H2,1-4H3. The van der Waals surface area contributed by atoms with Gasteiger partial charge in [-0.05, 0) is 24.1 Å². The molecule has 0 aliphatic rings. The van der Waals surface area contributed by atoms with Gasteiger partial charge in [-0.2, -0.15) is 0 Å². The molecule has 0 aliphatic heterocycles. The normalized spacial score (nSPS) is 10.7. The van der Waals surface area contributed by atoms with E-state index in [1.54, 1.807) is 7.11 Å². The van der Waals surface area contributed by atoms with Gasteiger partial charge >= 0.3 is 0 Å². The first-order valence-electron chi connectivity index (χ1n) is 6.70. The van der Waals surface area contributed by atoms with Crippen LogP contribution in [0.15, 0.2) is 18.2 Å². The topological polar surface area (TPSA) is 30.5 Å². The van der Waals surface area contributed by atoms with Crippen molar-refractivity contribution in [1.82, 2.24) is 5.32 Å². The second-order valence-electron chi connectivity index (χ2n) is 4.72. The minimum Gasteiger partial charge on any atom is -0.493 e. The van der Waals surface area contributed by atoms with E-state index < -0.39 is 0 Å². The van der Waals surface area contributed by atoms with Crippen LogP contribution in [0.4, 0.5) is 0 Å². The molecule has 0 saturated carbocycles. The fourth-order valence-electron chi connectivity index (χ4n) is 1.59. The molecule has 0 unspecified atom stereocenters. The van der Waals surface area contributed by atoms with Gasteiger partial charge in [0.05, 0.1) is 13.7 Å². The Morgan fingerprint density at radius 1 is 1.22 bits per heavy atom. The van der Waals surface area contributed by atoms with E-state index in [4.69, 9.17) is 9.47 Å². The van der Waals surface area contributed by atoms with Gasteiger partial charge in [0.25, 0.3) is 0 Å². The second kappa shape index (κ2) is 7.98. The van der Waals surface area contributed by atoms with Gasteiger partial charge in [0.2, 0.25) is 0 Å². The van der Waals surface area contributed by atoms with Crippen molar-refractivity contribution in [2.75, 3.05) is 13.7 Å². The van der Waals surface area contributed by atoms with Crippen molar-refractivity contribution in [2.45, 2.75) is 46.2 Å². The lowest BCUT2D eigenvalue weighted by atomic mass is 10.2. The molecule has 0 aliphatic carbocycles. The molecule has 1 rings (SSSR count). The summed E-state index contributed by atoms with van der Waals surface area (Å²) in [5, 5.41) is 3.40. The number of ether oxygens (including phenoxy) is 2. The lowest BCUT2D eigenvalue weighted by Crippen LogP contribution is -2.21. The molecule has 18 heavy (non-hydrogen) atoms. The van der Waals surface area contributed by atoms with Gasteiger partial charge in [-0.3, -0.25) is 0 Å². The minimum absolute atomic E-state index is 0.483. The molecule has 1 aromatic carbocycles. The quantitative estimate of drug-likeness (QED) is 0.719. The van der Waals surface area contributed by atoms with Gasteiger partial charge in [-0.15, -0.1) is 0 Å². The van der Waals surface area contributed by atoms with Crippen molar-refractivity contribution in [1.29, 1.82) is 0 Å². The first-order valence-corrected chi connectivity index (χ1v) is 6.70. The fourth-order valence-corrected chi connectivity index (χ4v) is 1.59. The van der Waals surface area contributed by atoms with Crippen molar-refractivity contribution in [3.63, 3.8) is 0 Å². The molecular formula is C15H25NO2. The van der Waals surface area contributed by atoms with Crippen LogP contribution < -0.4 is 14.8 Å². The SMILES string of the molecule is CCCCOc1cc(CNC(C)C)ccc1OC. The molecule has 1 N–H and O–H groups in total. The van der Waals surface area contributed by atoms with Crippen LogP contribution in [0.5, 0.6) is 11.5 Å². The lowest BCUT2D eigenvalue weighted by Gasteiger charge is -2.13.